The van der Waals surface area contributed by atoms with Gasteiger partial charge in [0.15, 0.2) is 0 Å². The fraction of sp³-hybridized carbons (Fsp3) is 0.667. The monoisotopic (exact) mass is 113 g/mol. The van der Waals surface area contributed by atoms with E-state index in [1.165, 1.54) is 12.8 Å². The van der Waals surface area contributed by atoms with Crippen molar-refractivity contribution in [2.45, 2.75) is 18.1 Å². The Morgan fingerprint density at radius 1 is 1.71 bits per heavy atom. The van der Waals surface area contributed by atoms with Gasteiger partial charge >= 0.3 is 0 Å². The average Bonchev–Trinajstić information content (AvgIpc) is 2.44. The predicted octanol–water partition coefficient (Wildman–Crippen LogP) is 2.15. The third kappa shape index (κ3) is 1.23. The van der Waals surface area contributed by atoms with Crippen LogP contribution in [0.3, 0.4) is 0 Å². The minimum Gasteiger partial charge on any atom is -0.102 e. The molecule has 0 aromatic rings. The summed E-state index contributed by atoms with van der Waals surface area (Å²) in [6.07, 6.45) is 4.54. The highest BCUT2D eigenvalue weighted by Crippen LogP contribution is 2.35. The lowest BCUT2D eigenvalue weighted by atomic mass is 10.3. The molecular formula is C6H9S. The van der Waals surface area contributed by atoms with Crippen molar-refractivity contribution < 1.29 is 0 Å². The van der Waals surface area contributed by atoms with E-state index in [2.05, 4.69) is 6.58 Å². The molecule has 0 nitrogen and oxygen atoms in total. The van der Waals surface area contributed by atoms with Crippen LogP contribution in [0.4, 0.5) is 0 Å². The zero-order valence-electron chi connectivity index (χ0n) is 4.26. The van der Waals surface area contributed by atoms with Crippen molar-refractivity contribution in [2.75, 3.05) is 0 Å². The normalized spacial score (nSPS) is 24.1. The summed E-state index contributed by atoms with van der Waals surface area (Å²) >= 11 is 5.01. The lowest BCUT2D eigenvalue weighted by molar-refractivity contribution is 0.889. The van der Waals surface area contributed by atoms with Crippen molar-refractivity contribution in [2.24, 2.45) is 5.92 Å². The van der Waals surface area contributed by atoms with Crippen LogP contribution in [0.25, 0.3) is 0 Å². The molecule has 1 saturated carbocycles. The molecule has 1 rings (SSSR count). The van der Waals surface area contributed by atoms with Crippen molar-refractivity contribution in [3.8, 4) is 0 Å². The minimum absolute atomic E-state index is 0.361. The number of hydrogen-bond donors (Lipinski definition) is 0. The van der Waals surface area contributed by atoms with Crippen LogP contribution in [0, 0.1) is 5.92 Å². The zero-order chi connectivity index (χ0) is 5.28. The van der Waals surface area contributed by atoms with Gasteiger partial charge in [0, 0.05) is 5.25 Å². The van der Waals surface area contributed by atoms with E-state index in [9.17, 15) is 0 Å². The smallest absolute Gasteiger partial charge is 0.0357 e. The Morgan fingerprint density at radius 3 is 2.43 bits per heavy atom. The van der Waals surface area contributed by atoms with E-state index < -0.39 is 0 Å². The van der Waals surface area contributed by atoms with Crippen LogP contribution in [0.15, 0.2) is 12.7 Å². The molecule has 0 saturated heterocycles. The van der Waals surface area contributed by atoms with Gasteiger partial charge < -0.3 is 0 Å². The largest absolute Gasteiger partial charge is 0.102 e. The maximum Gasteiger partial charge on any atom is 0.0357 e. The number of rotatable bonds is 2. The summed E-state index contributed by atoms with van der Waals surface area (Å²) in [7, 11) is 0. The Labute approximate surface area is 50.0 Å². The van der Waals surface area contributed by atoms with E-state index in [1.807, 2.05) is 6.08 Å². The minimum atomic E-state index is 0.361. The van der Waals surface area contributed by atoms with E-state index >= 15 is 0 Å². The van der Waals surface area contributed by atoms with E-state index in [0.29, 0.717) is 5.25 Å². The van der Waals surface area contributed by atoms with E-state index in [-0.39, 0.29) is 0 Å². The molecular weight excluding hydrogens is 104 g/mol. The lowest BCUT2D eigenvalue weighted by Crippen LogP contribution is -1.92. The van der Waals surface area contributed by atoms with Crippen molar-refractivity contribution in [1.82, 2.24) is 0 Å². The molecule has 0 amide bonds. The summed E-state index contributed by atoms with van der Waals surface area (Å²) in [4.78, 5) is 0. The molecule has 0 aromatic carbocycles. The quantitative estimate of drug-likeness (QED) is 0.481. The Kier molecular flexibility index (Phi) is 1.43. The maximum absolute atomic E-state index is 5.01. The molecule has 1 heteroatoms. The van der Waals surface area contributed by atoms with Crippen LogP contribution in [0.5, 0.6) is 0 Å². The fourth-order valence-corrected chi connectivity index (χ4v) is 0.889. The van der Waals surface area contributed by atoms with E-state index in [1.54, 1.807) is 0 Å². The van der Waals surface area contributed by atoms with Gasteiger partial charge in [-0.05, 0) is 18.8 Å². The average molecular weight is 113 g/mol. The molecule has 1 aliphatic rings. The highest BCUT2D eigenvalue weighted by Gasteiger charge is 2.26. The van der Waals surface area contributed by atoms with Crippen molar-refractivity contribution in [3.63, 3.8) is 0 Å². The van der Waals surface area contributed by atoms with Crippen LogP contribution in [0.1, 0.15) is 12.8 Å². The summed E-state index contributed by atoms with van der Waals surface area (Å²) in [6.45, 7) is 3.62. The van der Waals surface area contributed by atoms with Gasteiger partial charge in [-0.15, -0.1) is 6.58 Å². The van der Waals surface area contributed by atoms with Crippen LogP contribution >= 0.6 is 12.6 Å². The zero-order valence-corrected chi connectivity index (χ0v) is 5.08. The summed E-state index contributed by atoms with van der Waals surface area (Å²) in [5, 5.41) is 0.361. The van der Waals surface area contributed by atoms with E-state index in [4.69, 9.17) is 12.6 Å². The van der Waals surface area contributed by atoms with Crippen molar-refractivity contribution >= 4 is 12.6 Å². The maximum atomic E-state index is 5.01. The molecule has 0 spiro atoms. The second kappa shape index (κ2) is 1.91. The molecule has 1 fully saturated rings. The van der Waals surface area contributed by atoms with Crippen molar-refractivity contribution in [3.05, 3.63) is 12.7 Å². The van der Waals surface area contributed by atoms with Gasteiger partial charge in [0.1, 0.15) is 0 Å². The third-order valence-corrected chi connectivity index (χ3v) is 1.90. The SMILES string of the molecule is C=CC([S])C1CC1. The predicted molar refractivity (Wildman–Crippen MR) is 34.3 cm³/mol. The first-order valence-electron chi connectivity index (χ1n) is 2.63. The Bertz CT molecular complexity index is 74.2. The van der Waals surface area contributed by atoms with Crippen LogP contribution in [-0.4, -0.2) is 5.25 Å². The standard InChI is InChI=1S/C6H9S/c1-2-6(7)5-3-4-5/h2,5-6H,1,3-4H2. The van der Waals surface area contributed by atoms with Gasteiger partial charge in [-0.25, -0.2) is 0 Å². The highest BCUT2D eigenvalue weighted by atomic mass is 32.1. The summed E-state index contributed by atoms with van der Waals surface area (Å²) in [5.41, 5.74) is 0. The molecule has 0 heterocycles. The molecule has 0 bridgehead atoms. The Morgan fingerprint density at radius 2 is 2.29 bits per heavy atom. The van der Waals surface area contributed by atoms with Gasteiger partial charge in [-0.3, -0.25) is 0 Å². The van der Waals surface area contributed by atoms with Gasteiger partial charge in [-0.2, -0.15) is 0 Å². The fourth-order valence-electron chi connectivity index (χ4n) is 0.617. The number of hydrogen-bond acceptors (Lipinski definition) is 0. The second-order valence-corrected chi connectivity index (χ2v) is 2.58. The second-order valence-electron chi connectivity index (χ2n) is 2.04. The van der Waals surface area contributed by atoms with Gasteiger partial charge in [0.05, 0.1) is 0 Å². The molecule has 1 radical (unpaired) electrons. The molecule has 0 aromatic heterocycles. The molecule has 0 N–H and O–H groups in total. The van der Waals surface area contributed by atoms with Crippen LogP contribution < -0.4 is 0 Å². The Balaban J connectivity index is 2.22. The molecule has 1 unspecified atom stereocenters. The lowest BCUT2D eigenvalue weighted by Gasteiger charge is -1.94. The third-order valence-electron chi connectivity index (χ3n) is 1.32. The van der Waals surface area contributed by atoms with Crippen LogP contribution in [-0.2, 0) is 0 Å². The van der Waals surface area contributed by atoms with E-state index in [0.717, 1.165) is 5.92 Å². The van der Waals surface area contributed by atoms with Gasteiger partial charge in [0.25, 0.3) is 0 Å². The first-order chi connectivity index (χ1) is 3.34. The summed E-state index contributed by atoms with van der Waals surface area (Å²) in [5.74, 6) is 0.812. The topological polar surface area (TPSA) is 0 Å². The molecule has 7 heavy (non-hydrogen) atoms. The molecule has 39 valence electrons. The molecule has 1 aliphatic carbocycles. The summed E-state index contributed by atoms with van der Waals surface area (Å²) < 4.78 is 0. The van der Waals surface area contributed by atoms with Crippen molar-refractivity contribution in [1.29, 1.82) is 0 Å². The molecule has 1 atom stereocenters. The van der Waals surface area contributed by atoms with Gasteiger partial charge in [-0.1, -0.05) is 18.7 Å². The molecule has 0 aliphatic heterocycles. The Hall–Kier alpha value is 0.0900. The first kappa shape index (κ1) is 5.23. The highest BCUT2D eigenvalue weighted by molar-refractivity contribution is 7.81. The van der Waals surface area contributed by atoms with Gasteiger partial charge in [0.2, 0.25) is 0 Å². The first-order valence-corrected chi connectivity index (χ1v) is 3.10. The van der Waals surface area contributed by atoms with Crippen LogP contribution in [0.2, 0.25) is 0 Å². The summed E-state index contributed by atoms with van der Waals surface area (Å²) in [6, 6.07) is 0.